The molecule has 1 fully saturated rings. The van der Waals surface area contributed by atoms with Crippen molar-refractivity contribution in [1.29, 1.82) is 0 Å². The minimum atomic E-state index is -0.275. The Labute approximate surface area is 133 Å². The van der Waals surface area contributed by atoms with E-state index in [2.05, 4.69) is 5.32 Å². The number of amides is 1. The van der Waals surface area contributed by atoms with Gasteiger partial charge in [0, 0.05) is 28.8 Å². The fraction of sp³-hybridized carbons (Fsp3) is 0.385. The van der Waals surface area contributed by atoms with Crippen molar-refractivity contribution in [3.8, 4) is 0 Å². The van der Waals surface area contributed by atoms with Gasteiger partial charge in [0.25, 0.3) is 0 Å². The molecule has 20 heavy (non-hydrogen) atoms. The lowest BCUT2D eigenvalue weighted by Gasteiger charge is -2.33. The van der Waals surface area contributed by atoms with E-state index in [9.17, 15) is 4.79 Å². The number of nitrogens with two attached hydrogens (primary N) is 1. The Morgan fingerprint density at radius 3 is 2.60 bits per heavy atom. The minimum absolute atomic E-state index is 0.147. The number of hydrogen-bond donors (Lipinski definition) is 2. The molecule has 0 spiro atoms. The average molecular weight is 332 g/mol. The van der Waals surface area contributed by atoms with Crippen molar-refractivity contribution >= 4 is 52.1 Å². The molecule has 4 nitrogen and oxygen atoms in total. The van der Waals surface area contributed by atoms with Crippen molar-refractivity contribution in [1.82, 2.24) is 4.90 Å². The quantitative estimate of drug-likeness (QED) is 0.818. The number of piperidine rings is 1. The maximum Gasteiger partial charge on any atom is 0.222 e. The van der Waals surface area contributed by atoms with Gasteiger partial charge in [-0.1, -0.05) is 23.2 Å². The lowest BCUT2D eigenvalue weighted by atomic mass is 9.98. The third-order valence-corrected chi connectivity index (χ3v) is 4.02. The van der Waals surface area contributed by atoms with E-state index in [1.165, 1.54) is 0 Å². The minimum Gasteiger partial charge on any atom is -0.369 e. The van der Waals surface area contributed by atoms with Crippen molar-refractivity contribution in [2.24, 2.45) is 11.7 Å². The summed E-state index contributed by atoms with van der Waals surface area (Å²) in [7, 11) is 0. The van der Waals surface area contributed by atoms with Crippen LogP contribution in [-0.4, -0.2) is 29.0 Å². The van der Waals surface area contributed by atoms with Gasteiger partial charge in [-0.25, -0.2) is 0 Å². The summed E-state index contributed by atoms with van der Waals surface area (Å²) in [5.74, 6) is -0.422. The molecule has 7 heteroatoms. The molecule has 0 radical (unpaired) electrons. The van der Waals surface area contributed by atoms with Crippen LogP contribution in [0.1, 0.15) is 12.8 Å². The Balaban J connectivity index is 2.02. The van der Waals surface area contributed by atoms with E-state index in [-0.39, 0.29) is 11.8 Å². The third-order valence-electron chi connectivity index (χ3n) is 3.22. The van der Waals surface area contributed by atoms with Crippen molar-refractivity contribution in [2.45, 2.75) is 12.8 Å². The predicted octanol–water partition coefficient (Wildman–Crippen LogP) is 2.89. The van der Waals surface area contributed by atoms with E-state index in [1.54, 1.807) is 18.2 Å². The molecule has 1 aliphatic rings. The molecule has 1 saturated heterocycles. The second-order valence-electron chi connectivity index (χ2n) is 4.78. The van der Waals surface area contributed by atoms with E-state index in [0.29, 0.717) is 21.7 Å². The normalized spacial score (nSPS) is 18.7. The zero-order valence-corrected chi connectivity index (χ0v) is 13.1. The van der Waals surface area contributed by atoms with Crippen LogP contribution in [0.3, 0.4) is 0 Å². The lowest BCUT2D eigenvalue weighted by molar-refractivity contribution is -0.122. The highest BCUT2D eigenvalue weighted by Crippen LogP contribution is 2.23. The smallest absolute Gasteiger partial charge is 0.222 e. The molecule has 0 aromatic heterocycles. The van der Waals surface area contributed by atoms with E-state index < -0.39 is 0 Å². The Kier molecular flexibility index (Phi) is 5.07. The first kappa shape index (κ1) is 15.4. The molecule has 1 aromatic rings. The summed E-state index contributed by atoms with van der Waals surface area (Å²) in [5.41, 5.74) is 6.09. The number of primary amides is 1. The maximum atomic E-state index is 11.3. The summed E-state index contributed by atoms with van der Waals surface area (Å²) in [6.45, 7) is 1.36. The van der Waals surface area contributed by atoms with Crippen molar-refractivity contribution < 1.29 is 4.79 Å². The summed E-state index contributed by atoms with van der Waals surface area (Å²) in [6, 6.07) is 5.14. The molecular weight excluding hydrogens is 317 g/mol. The number of nitrogens with one attached hydrogen (secondary N) is 1. The van der Waals surface area contributed by atoms with E-state index in [4.69, 9.17) is 41.2 Å². The molecule has 108 valence electrons. The van der Waals surface area contributed by atoms with Gasteiger partial charge in [0.05, 0.1) is 5.92 Å². The van der Waals surface area contributed by atoms with Crippen LogP contribution in [0.2, 0.25) is 10.0 Å². The zero-order valence-electron chi connectivity index (χ0n) is 10.7. The number of hydrogen-bond acceptors (Lipinski definition) is 2. The SMILES string of the molecule is NC(=O)[C@@H]1CCCN(C(=S)Nc2cc(Cl)cc(Cl)c2)C1. The fourth-order valence-corrected chi connectivity index (χ4v) is 3.03. The number of carbonyl (C=O) groups is 1. The van der Waals surface area contributed by atoms with Gasteiger partial charge in [-0.3, -0.25) is 4.79 Å². The Bertz CT molecular complexity index is 518. The molecule has 0 bridgehead atoms. The van der Waals surface area contributed by atoms with E-state index in [1.807, 2.05) is 4.90 Å². The summed E-state index contributed by atoms with van der Waals surface area (Å²) in [4.78, 5) is 13.2. The molecule has 1 aliphatic heterocycles. The van der Waals surface area contributed by atoms with Crippen molar-refractivity contribution in [3.05, 3.63) is 28.2 Å². The first-order valence-corrected chi connectivity index (χ1v) is 7.43. The standard InChI is InChI=1S/C13H15Cl2N3OS/c14-9-4-10(15)6-11(5-9)17-13(20)18-3-1-2-8(7-18)12(16)19/h4-6,8H,1-3,7H2,(H2,16,19)(H,17,20)/t8-/m1/s1. The van der Waals surface area contributed by atoms with Crippen LogP contribution in [-0.2, 0) is 4.79 Å². The number of anilines is 1. The topological polar surface area (TPSA) is 58.4 Å². The first-order valence-electron chi connectivity index (χ1n) is 6.27. The summed E-state index contributed by atoms with van der Waals surface area (Å²) in [5, 5.41) is 4.72. The van der Waals surface area contributed by atoms with Crippen molar-refractivity contribution in [2.75, 3.05) is 18.4 Å². The molecule has 1 aromatic carbocycles. The number of rotatable bonds is 2. The maximum absolute atomic E-state index is 11.3. The van der Waals surface area contributed by atoms with Gasteiger partial charge in [-0.2, -0.15) is 0 Å². The van der Waals surface area contributed by atoms with Crippen LogP contribution in [0.25, 0.3) is 0 Å². The molecule has 1 heterocycles. The molecule has 1 amide bonds. The highest BCUT2D eigenvalue weighted by molar-refractivity contribution is 7.80. The van der Waals surface area contributed by atoms with Gasteiger partial charge in [-0.05, 0) is 43.3 Å². The molecule has 0 unspecified atom stereocenters. The Hall–Kier alpha value is -1.04. The lowest BCUT2D eigenvalue weighted by Crippen LogP contribution is -2.45. The summed E-state index contributed by atoms with van der Waals surface area (Å²) >= 11 is 17.2. The molecule has 1 atom stereocenters. The van der Waals surface area contributed by atoms with Crippen LogP contribution in [0, 0.1) is 5.92 Å². The van der Waals surface area contributed by atoms with Crippen LogP contribution < -0.4 is 11.1 Å². The monoisotopic (exact) mass is 331 g/mol. The second-order valence-corrected chi connectivity index (χ2v) is 6.04. The average Bonchev–Trinajstić information content (AvgIpc) is 2.37. The number of thiocarbonyl (C=S) groups is 1. The van der Waals surface area contributed by atoms with Gasteiger partial charge >= 0.3 is 0 Å². The molecule has 0 aliphatic carbocycles. The van der Waals surface area contributed by atoms with Gasteiger partial charge in [0.1, 0.15) is 0 Å². The number of benzene rings is 1. The molecular formula is C13H15Cl2N3OS. The van der Waals surface area contributed by atoms with Crippen molar-refractivity contribution in [3.63, 3.8) is 0 Å². The van der Waals surface area contributed by atoms with Crippen LogP contribution >= 0.6 is 35.4 Å². The van der Waals surface area contributed by atoms with Gasteiger partial charge in [0.2, 0.25) is 5.91 Å². The molecule has 0 saturated carbocycles. The van der Waals surface area contributed by atoms with E-state index in [0.717, 1.165) is 25.1 Å². The van der Waals surface area contributed by atoms with Gasteiger partial charge in [-0.15, -0.1) is 0 Å². The first-order chi connectivity index (χ1) is 9.45. The number of halogens is 2. The van der Waals surface area contributed by atoms with Gasteiger partial charge < -0.3 is 16.0 Å². The van der Waals surface area contributed by atoms with Crippen LogP contribution in [0.4, 0.5) is 5.69 Å². The summed E-state index contributed by atoms with van der Waals surface area (Å²) in [6.07, 6.45) is 1.71. The molecule has 2 rings (SSSR count). The fourth-order valence-electron chi connectivity index (χ4n) is 2.22. The third kappa shape index (κ3) is 3.98. The summed E-state index contributed by atoms with van der Waals surface area (Å²) < 4.78 is 0. The highest BCUT2D eigenvalue weighted by Gasteiger charge is 2.25. The number of carbonyl (C=O) groups excluding carboxylic acids is 1. The van der Waals surface area contributed by atoms with Crippen LogP contribution in [0.5, 0.6) is 0 Å². The van der Waals surface area contributed by atoms with Gasteiger partial charge in [0.15, 0.2) is 5.11 Å². The largest absolute Gasteiger partial charge is 0.369 e. The number of nitrogens with zero attached hydrogens (tertiary/aromatic N) is 1. The number of likely N-dealkylation sites (tertiary alicyclic amines) is 1. The van der Waals surface area contributed by atoms with E-state index >= 15 is 0 Å². The zero-order chi connectivity index (χ0) is 14.7. The van der Waals surface area contributed by atoms with Crippen LogP contribution in [0.15, 0.2) is 18.2 Å². The second kappa shape index (κ2) is 6.61. The Morgan fingerprint density at radius 2 is 2.00 bits per heavy atom. The predicted molar refractivity (Wildman–Crippen MR) is 86.2 cm³/mol. The Morgan fingerprint density at radius 1 is 1.35 bits per heavy atom. The molecule has 3 N–H and O–H groups in total. The highest BCUT2D eigenvalue weighted by atomic mass is 35.5.